The Balaban J connectivity index is 3.65. The summed E-state index contributed by atoms with van der Waals surface area (Å²) in [6.45, 7) is 9.93. The predicted molar refractivity (Wildman–Crippen MR) is 74.7 cm³/mol. The molecule has 0 bridgehead atoms. The number of benzene rings is 1. The van der Waals surface area contributed by atoms with E-state index < -0.39 is 17.5 Å². The van der Waals surface area contributed by atoms with Crippen LogP contribution in [0.5, 0.6) is 0 Å². The third kappa shape index (κ3) is 1.81. The van der Waals surface area contributed by atoms with Gasteiger partial charge in [-0.25, -0.2) is 0 Å². The summed E-state index contributed by atoms with van der Waals surface area (Å²) in [5.74, 6) is 0. The molecule has 0 saturated carbocycles. The van der Waals surface area contributed by atoms with Crippen LogP contribution in [0.2, 0.25) is 0 Å². The zero-order valence-corrected chi connectivity index (χ0v) is 12.5. The van der Waals surface area contributed by atoms with Crippen molar-refractivity contribution >= 4 is 12.5 Å². The molecule has 0 unspecified atom stereocenters. The average Bonchev–Trinajstić information content (AvgIpc) is 2.15. The summed E-state index contributed by atoms with van der Waals surface area (Å²) in [6, 6.07) is 8.34. The van der Waals surface area contributed by atoms with Crippen molar-refractivity contribution in [2.24, 2.45) is 0 Å². The van der Waals surface area contributed by atoms with Crippen LogP contribution in [0, 0.1) is 0 Å². The van der Waals surface area contributed by atoms with Crippen molar-refractivity contribution in [3.63, 3.8) is 0 Å². The molecule has 0 aliphatic rings. The molecular formula is C14H23F2P. The molecule has 0 N–H and O–H groups in total. The monoisotopic (exact) mass is 260 g/mol. The molecule has 0 radical (unpaired) electrons. The van der Waals surface area contributed by atoms with E-state index in [0.717, 1.165) is 0 Å². The van der Waals surface area contributed by atoms with E-state index >= 15 is 8.39 Å². The van der Waals surface area contributed by atoms with Crippen LogP contribution < -0.4 is 5.30 Å². The van der Waals surface area contributed by atoms with Crippen molar-refractivity contribution in [1.82, 2.24) is 0 Å². The minimum atomic E-state index is -5.02. The molecule has 0 aromatic heterocycles. The van der Waals surface area contributed by atoms with E-state index in [-0.39, 0.29) is 5.30 Å². The molecule has 0 spiro atoms. The average molecular weight is 260 g/mol. The molecule has 0 atom stereocenters. The summed E-state index contributed by atoms with van der Waals surface area (Å²) < 4.78 is 31.4. The molecule has 0 amide bonds. The molecule has 0 saturated heterocycles. The first kappa shape index (κ1) is 14.6. The Morgan fingerprint density at radius 1 is 0.765 bits per heavy atom. The van der Waals surface area contributed by atoms with Crippen LogP contribution in [0.4, 0.5) is 8.39 Å². The fourth-order valence-electron chi connectivity index (χ4n) is 2.47. The van der Waals surface area contributed by atoms with Crippen LogP contribution in [0.3, 0.4) is 0 Å². The first-order valence-corrected chi connectivity index (χ1v) is 7.94. The predicted octanol–water partition coefficient (Wildman–Crippen LogP) is 5.23. The van der Waals surface area contributed by atoms with Gasteiger partial charge in [0.25, 0.3) is 0 Å². The third-order valence-electron chi connectivity index (χ3n) is 3.57. The normalized spacial score (nSPS) is 16.4. The Labute approximate surface area is 104 Å². The number of rotatable bonds is 1. The van der Waals surface area contributed by atoms with Crippen LogP contribution >= 0.6 is 7.22 Å². The SMILES string of the molecule is CC(C)(C)P(F)(F)(c1ccccc1)C(C)(C)C. The van der Waals surface area contributed by atoms with Crippen LogP contribution in [0.15, 0.2) is 30.3 Å². The summed E-state index contributed by atoms with van der Waals surface area (Å²) in [7, 11) is -5.02. The Morgan fingerprint density at radius 3 is 1.41 bits per heavy atom. The first-order valence-electron chi connectivity index (χ1n) is 5.92. The van der Waals surface area contributed by atoms with E-state index in [4.69, 9.17) is 0 Å². The standard InChI is InChI=1S/C14H23F2P/c1-13(2,3)17(15,16,14(4,5)6)12-10-8-7-9-11-12/h7-11H,1-6H3. The summed E-state index contributed by atoms with van der Waals surface area (Å²) in [4.78, 5) is 0. The van der Waals surface area contributed by atoms with Crippen LogP contribution in [-0.4, -0.2) is 10.3 Å². The molecule has 17 heavy (non-hydrogen) atoms. The van der Waals surface area contributed by atoms with Gasteiger partial charge in [-0.1, -0.05) is 0 Å². The van der Waals surface area contributed by atoms with E-state index in [2.05, 4.69) is 0 Å². The molecule has 1 rings (SSSR count). The van der Waals surface area contributed by atoms with E-state index in [1.807, 2.05) is 0 Å². The van der Waals surface area contributed by atoms with E-state index in [1.165, 1.54) is 0 Å². The first-order chi connectivity index (χ1) is 7.42. The van der Waals surface area contributed by atoms with Crippen molar-refractivity contribution in [2.45, 2.75) is 51.9 Å². The second kappa shape index (κ2) is 3.75. The second-order valence-electron chi connectivity index (χ2n) is 6.58. The second-order valence-corrected chi connectivity index (χ2v) is 11.6. The van der Waals surface area contributed by atoms with Crippen LogP contribution in [0.25, 0.3) is 0 Å². The number of hydrogen-bond acceptors (Lipinski definition) is 0. The fourth-order valence-corrected chi connectivity index (χ4v) is 6.73. The number of halogens is 2. The molecule has 3 heteroatoms. The molecule has 1 aromatic rings. The molecule has 98 valence electrons. The molecule has 0 fully saturated rings. The quantitative estimate of drug-likeness (QED) is 0.606. The van der Waals surface area contributed by atoms with E-state index in [1.54, 1.807) is 71.9 Å². The molecule has 1 aromatic carbocycles. The zero-order valence-electron chi connectivity index (χ0n) is 11.6. The summed E-state index contributed by atoms with van der Waals surface area (Å²) in [5, 5.41) is -1.82. The van der Waals surface area contributed by atoms with Crippen molar-refractivity contribution in [3.05, 3.63) is 30.3 Å². The summed E-state index contributed by atoms with van der Waals surface area (Å²) in [6.07, 6.45) is 0. The molecule has 0 aliphatic heterocycles. The van der Waals surface area contributed by atoms with Crippen molar-refractivity contribution in [3.8, 4) is 0 Å². The van der Waals surface area contributed by atoms with Gasteiger partial charge in [0.15, 0.2) is 0 Å². The minimum absolute atomic E-state index is 0.221. The van der Waals surface area contributed by atoms with Crippen LogP contribution in [0.1, 0.15) is 41.5 Å². The number of hydrogen-bond donors (Lipinski definition) is 0. The van der Waals surface area contributed by atoms with Gasteiger partial charge in [0, 0.05) is 0 Å². The topological polar surface area (TPSA) is 0 Å². The van der Waals surface area contributed by atoms with Gasteiger partial charge in [0.1, 0.15) is 0 Å². The third-order valence-corrected chi connectivity index (χ3v) is 9.48. The van der Waals surface area contributed by atoms with Crippen molar-refractivity contribution < 1.29 is 8.39 Å². The van der Waals surface area contributed by atoms with Gasteiger partial charge >= 0.3 is 103 Å². The zero-order chi connectivity index (χ0) is 13.6. The maximum absolute atomic E-state index is 15.7. The fraction of sp³-hybridized carbons (Fsp3) is 0.571. The van der Waals surface area contributed by atoms with Gasteiger partial charge in [-0.2, -0.15) is 0 Å². The molecular weight excluding hydrogens is 237 g/mol. The van der Waals surface area contributed by atoms with Gasteiger partial charge in [-0.3, -0.25) is 0 Å². The summed E-state index contributed by atoms with van der Waals surface area (Å²) in [5.41, 5.74) is 0. The Bertz CT molecular complexity index is 378. The van der Waals surface area contributed by atoms with Gasteiger partial charge in [0.2, 0.25) is 0 Å². The summed E-state index contributed by atoms with van der Waals surface area (Å²) >= 11 is 0. The molecule has 0 heterocycles. The Morgan fingerprint density at radius 2 is 1.12 bits per heavy atom. The van der Waals surface area contributed by atoms with Crippen molar-refractivity contribution in [1.29, 1.82) is 0 Å². The maximum atomic E-state index is 15.7. The molecule has 0 aliphatic carbocycles. The molecule has 0 nitrogen and oxygen atoms in total. The Hall–Kier alpha value is -0.490. The Kier molecular flexibility index (Phi) is 3.21. The van der Waals surface area contributed by atoms with E-state index in [9.17, 15) is 0 Å². The van der Waals surface area contributed by atoms with E-state index in [0.29, 0.717) is 0 Å². The van der Waals surface area contributed by atoms with Gasteiger partial charge in [-0.15, -0.1) is 0 Å². The van der Waals surface area contributed by atoms with Gasteiger partial charge in [-0.05, 0) is 0 Å². The van der Waals surface area contributed by atoms with Gasteiger partial charge < -0.3 is 0 Å². The van der Waals surface area contributed by atoms with Crippen LogP contribution in [-0.2, 0) is 0 Å². The van der Waals surface area contributed by atoms with Crippen molar-refractivity contribution in [2.75, 3.05) is 0 Å². The van der Waals surface area contributed by atoms with Gasteiger partial charge in [0.05, 0.1) is 0 Å².